The van der Waals surface area contributed by atoms with Crippen molar-refractivity contribution in [2.45, 2.75) is 71.8 Å². The second-order valence-corrected chi connectivity index (χ2v) is 6.86. The topological polar surface area (TPSA) is 15.3 Å². The van der Waals surface area contributed by atoms with Gasteiger partial charge in [-0.2, -0.15) is 0 Å². The summed E-state index contributed by atoms with van der Waals surface area (Å²) in [4.78, 5) is 2.59. The molecule has 18 heavy (non-hydrogen) atoms. The third kappa shape index (κ3) is 4.24. The summed E-state index contributed by atoms with van der Waals surface area (Å²) >= 11 is 0. The van der Waals surface area contributed by atoms with E-state index < -0.39 is 0 Å². The van der Waals surface area contributed by atoms with Crippen LogP contribution in [0.4, 0.5) is 0 Å². The van der Waals surface area contributed by atoms with Gasteiger partial charge >= 0.3 is 0 Å². The number of hydrogen-bond acceptors (Lipinski definition) is 2. The molecule has 1 N–H and O–H groups in total. The maximum absolute atomic E-state index is 3.61. The molecule has 1 aliphatic rings. The monoisotopic (exact) mass is 254 g/mol. The van der Waals surface area contributed by atoms with Crippen molar-refractivity contribution in [2.75, 3.05) is 26.7 Å². The lowest BCUT2D eigenvalue weighted by atomic mass is 9.73. The van der Waals surface area contributed by atoms with Gasteiger partial charge in [0.25, 0.3) is 0 Å². The summed E-state index contributed by atoms with van der Waals surface area (Å²) in [6.07, 6.45) is 8.32. The summed E-state index contributed by atoms with van der Waals surface area (Å²) < 4.78 is 0. The highest BCUT2D eigenvalue weighted by molar-refractivity contribution is 4.90. The van der Waals surface area contributed by atoms with Crippen LogP contribution in [0, 0.1) is 5.41 Å². The second-order valence-electron chi connectivity index (χ2n) is 6.86. The molecular formula is C16H34N2. The Hall–Kier alpha value is -0.0800. The molecular weight excluding hydrogens is 220 g/mol. The first kappa shape index (κ1) is 16.0. The Morgan fingerprint density at radius 1 is 1.11 bits per heavy atom. The lowest BCUT2D eigenvalue weighted by Crippen LogP contribution is -2.50. The van der Waals surface area contributed by atoms with Crippen LogP contribution < -0.4 is 5.32 Å². The molecule has 0 unspecified atom stereocenters. The van der Waals surface area contributed by atoms with Gasteiger partial charge in [-0.05, 0) is 52.1 Å². The Labute approximate surface area is 115 Å². The smallest absolute Gasteiger partial charge is 0.0147 e. The van der Waals surface area contributed by atoms with Crippen molar-refractivity contribution >= 4 is 0 Å². The van der Waals surface area contributed by atoms with Crippen LogP contribution in [0.3, 0.4) is 0 Å². The highest BCUT2D eigenvalue weighted by Gasteiger charge is 2.35. The van der Waals surface area contributed by atoms with Crippen LogP contribution in [0.1, 0.15) is 66.2 Å². The van der Waals surface area contributed by atoms with E-state index in [-0.39, 0.29) is 0 Å². The van der Waals surface area contributed by atoms with E-state index in [0.29, 0.717) is 11.0 Å². The van der Waals surface area contributed by atoms with Crippen molar-refractivity contribution in [2.24, 2.45) is 5.41 Å². The fraction of sp³-hybridized carbons (Fsp3) is 1.00. The van der Waals surface area contributed by atoms with Gasteiger partial charge in [0.05, 0.1) is 0 Å². The predicted octanol–water partition coefficient (Wildman–Crippen LogP) is 3.67. The van der Waals surface area contributed by atoms with E-state index in [1.165, 1.54) is 51.6 Å². The molecule has 2 nitrogen and oxygen atoms in total. The molecule has 0 aliphatic heterocycles. The largest absolute Gasteiger partial charge is 0.316 e. The zero-order valence-electron chi connectivity index (χ0n) is 13.3. The van der Waals surface area contributed by atoms with E-state index in [1.54, 1.807) is 0 Å². The maximum Gasteiger partial charge on any atom is 0.0147 e. The van der Waals surface area contributed by atoms with Crippen molar-refractivity contribution in [3.05, 3.63) is 0 Å². The van der Waals surface area contributed by atoms with Crippen LogP contribution in [-0.2, 0) is 0 Å². The third-order valence-corrected chi connectivity index (χ3v) is 5.14. The fourth-order valence-corrected chi connectivity index (χ4v) is 3.07. The molecule has 0 aromatic carbocycles. The average Bonchev–Trinajstić information content (AvgIpc) is 2.37. The Bertz CT molecular complexity index is 229. The van der Waals surface area contributed by atoms with Gasteiger partial charge in [0.1, 0.15) is 0 Å². The van der Waals surface area contributed by atoms with E-state index in [2.05, 4.69) is 45.0 Å². The number of nitrogens with one attached hydrogen (secondary N) is 1. The Morgan fingerprint density at radius 3 is 2.22 bits per heavy atom. The summed E-state index contributed by atoms with van der Waals surface area (Å²) in [5, 5.41) is 3.61. The van der Waals surface area contributed by atoms with E-state index in [4.69, 9.17) is 0 Å². The molecule has 1 saturated carbocycles. The van der Waals surface area contributed by atoms with Crippen molar-refractivity contribution in [3.63, 3.8) is 0 Å². The van der Waals surface area contributed by atoms with Gasteiger partial charge in [-0.3, -0.25) is 0 Å². The lowest BCUT2D eigenvalue weighted by molar-refractivity contribution is 0.0566. The van der Waals surface area contributed by atoms with Crippen LogP contribution in [0.2, 0.25) is 0 Å². The van der Waals surface area contributed by atoms with Gasteiger partial charge in [-0.25, -0.2) is 0 Å². The van der Waals surface area contributed by atoms with Gasteiger partial charge in [-0.15, -0.1) is 0 Å². The Kier molecular flexibility index (Phi) is 6.13. The van der Waals surface area contributed by atoms with Gasteiger partial charge < -0.3 is 10.2 Å². The minimum atomic E-state index is 0.330. The van der Waals surface area contributed by atoms with Crippen molar-refractivity contribution in [3.8, 4) is 0 Å². The summed E-state index contributed by atoms with van der Waals surface area (Å²) in [6, 6.07) is 0. The minimum absolute atomic E-state index is 0.330. The molecule has 0 radical (unpaired) electrons. The maximum atomic E-state index is 3.61. The highest BCUT2D eigenvalue weighted by Crippen LogP contribution is 2.37. The molecule has 0 aromatic heterocycles. The minimum Gasteiger partial charge on any atom is -0.316 e. The molecule has 0 spiro atoms. The van der Waals surface area contributed by atoms with Crippen LogP contribution >= 0.6 is 0 Å². The van der Waals surface area contributed by atoms with Crippen molar-refractivity contribution in [1.82, 2.24) is 10.2 Å². The third-order valence-electron chi connectivity index (χ3n) is 5.14. The van der Waals surface area contributed by atoms with Crippen LogP contribution in [-0.4, -0.2) is 37.1 Å². The lowest BCUT2D eigenvalue weighted by Gasteiger charge is -2.45. The van der Waals surface area contributed by atoms with E-state index >= 15 is 0 Å². The standard InChI is InChI=1S/C16H34N2/c1-6-15(3,4)18(5)14-16(13-17-7-2)11-9-8-10-12-16/h17H,6-14H2,1-5H3. The molecule has 0 heterocycles. The Morgan fingerprint density at radius 2 is 1.72 bits per heavy atom. The van der Waals surface area contributed by atoms with E-state index in [9.17, 15) is 0 Å². The molecule has 0 amide bonds. The first-order chi connectivity index (χ1) is 8.46. The fourth-order valence-electron chi connectivity index (χ4n) is 3.07. The van der Waals surface area contributed by atoms with Crippen LogP contribution in [0.5, 0.6) is 0 Å². The number of nitrogens with zero attached hydrogens (tertiary/aromatic N) is 1. The molecule has 0 aromatic rings. The molecule has 2 heteroatoms. The first-order valence-corrected chi connectivity index (χ1v) is 7.88. The van der Waals surface area contributed by atoms with Crippen LogP contribution in [0.15, 0.2) is 0 Å². The summed E-state index contributed by atoms with van der Waals surface area (Å²) in [6.45, 7) is 12.8. The van der Waals surface area contributed by atoms with Gasteiger partial charge in [-0.1, -0.05) is 33.1 Å². The predicted molar refractivity (Wildman–Crippen MR) is 81.1 cm³/mol. The van der Waals surface area contributed by atoms with Gasteiger partial charge in [0.2, 0.25) is 0 Å². The van der Waals surface area contributed by atoms with Gasteiger partial charge in [0.15, 0.2) is 0 Å². The molecule has 0 atom stereocenters. The first-order valence-electron chi connectivity index (χ1n) is 7.88. The second kappa shape index (κ2) is 6.91. The van der Waals surface area contributed by atoms with Crippen molar-refractivity contribution < 1.29 is 0 Å². The summed E-state index contributed by atoms with van der Waals surface area (Å²) in [7, 11) is 2.31. The van der Waals surface area contributed by atoms with Crippen LogP contribution in [0.25, 0.3) is 0 Å². The zero-order chi connectivity index (χ0) is 13.6. The average molecular weight is 254 g/mol. The SMILES string of the molecule is CCNCC1(CN(C)C(C)(C)CC)CCCCC1. The number of hydrogen-bond donors (Lipinski definition) is 1. The van der Waals surface area contributed by atoms with Gasteiger partial charge in [0, 0.05) is 18.6 Å². The Balaban J connectivity index is 2.65. The van der Waals surface area contributed by atoms with E-state index in [0.717, 1.165) is 6.54 Å². The number of rotatable bonds is 7. The molecule has 1 aliphatic carbocycles. The van der Waals surface area contributed by atoms with E-state index in [1.807, 2.05) is 0 Å². The normalized spacial score (nSPS) is 20.3. The highest BCUT2D eigenvalue weighted by atomic mass is 15.2. The quantitative estimate of drug-likeness (QED) is 0.746. The molecule has 1 fully saturated rings. The zero-order valence-corrected chi connectivity index (χ0v) is 13.3. The van der Waals surface area contributed by atoms with Crippen molar-refractivity contribution in [1.29, 1.82) is 0 Å². The molecule has 0 saturated heterocycles. The summed E-state index contributed by atoms with van der Waals surface area (Å²) in [5.74, 6) is 0. The molecule has 108 valence electrons. The molecule has 0 bridgehead atoms. The summed E-state index contributed by atoms with van der Waals surface area (Å²) in [5.41, 5.74) is 0.853. The molecule has 1 rings (SSSR count).